The maximum absolute atomic E-state index is 13.4. The molecule has 0 aliphatic heterocycles. The number of hydrogen-bond acceptors (Lipinski definition) is 2. The van der Waals surface area contributed by atoms with Crippen LogP contribution in [0.15, 0.2) is 48.7 Å². The molecule has 0 fully saturated rings. The molecule has 0 spiro atoms. The van der Waals surface area contributed by atoms with E-state index >= 15 is 0 Å². The molecule has 27 heavy (non-hydrogen) atoms. The molecule has 0 N–H and O–H groups in total. The van der Waals surface area contributed by atoms with Gasteiger partial charge in [0.2, 0.25) is 6.41 Å². The molecule has 0 aliphatic carbocycles. The molecule has 0 aliphatic rings. The van der Waals surface area contributed by atoms with Crippen LogP contribution in [0.4, 0.5) is 24.5 Å². The van der Waals surface area contributed by atoms with Crippen molar-refractivity contribution in [2.75, 3.05) is 4.90 Å². The monoisotopic (exact) mass is 413 g/mol. The van der Waals surface area contributed by atoms with Crippen LogP contribution in [0.1, 0.15) is 5.69 Å². The van der Waals surface area contributed by atoms with Gasteiger partial charge in [-0.3, -0.25) is 14.4 Å². The van der Waals surface area contributed by atoms with Crippen LogP contribution in [-0.4, -0.2) is 16.2 Å². The van der Waals surface area contributed by atoms with Gasteiger partial charge in [-0.1, -0.05) is 41.4 Å². The van der Waals surface area contributed by atoms with E-state index in [1.54, 1.807) is 30.3 Å². The van der Waals surface area contributed by atoms with Crippen molar-refractivity contribution in [1.29, 1.82) is 0 Å². The SMILES string of the molecule is Cn1cc(N(C=O)c2ccccc2-c2cc(Cl)cc(Cl)c2)c(C(F)(F)F)n1. The Morgan fingerprint density at radius 1 is 1.07 bits per heavy atom. The van der Waals surface area contributed by atoms with E-state index in [4.69, 9.17) is 23.2 Å². The highest BCUT2D eigenvalue weighted by atomic mass is 35.5. The van der Waals surface area contributed by atoms with Crippen molar-refractivity contribution in [2.24, 2.45) is 7.05 Å². The quantitative estimate of drug-likeness (QED) is 0.514. The lowest BCUT2D eigenvalue weighted by molar-refractivity contribution is -0.140. The van der Waals surface area contributed by atoms with Gasteiger partial charge in [0.1, 0.15) is 0 Å². The first kappa shape index (κ1) is 19.3. The Hall–Kier alpha value is -2.51. The van der Waals surface area contributed by atoms with E-state index in [2.05, 4.69) is 5.10 Å². The van der Waals surface area contributed by atoms with Gasteiger partial charge in [0, 0.05) is 28.9 Å². The van der Waals surface area contributed by atoms with Gasteiger partial charge in [-0.25, -0.2) is 0 Å². The summed E-state index contributed by atoms with van der Waals surface area (Å²) in [6, 6.07) is 11.3. The van der Waals surface area contributed by atoms with Gasteiger partial charge in [0.25, 0.3) is 0 Å². The largest absolute Gasteiger partial charge is 0.437 e. The molecule has 0 saturated heterocycles. The first-order chi connectivity index (χ1) is 12.7. The van der Waals surface area contributed by atoms with E-state index in [0.29, 0.717) is 27.6 Å². The van der Waals surface area contributed by atoms with Crippen molar-refractivity contribution < 1.29 is 18.0 Å². The number of para-hydroxylation sites is 1. The number of alkyl halides is 3. The zero-order valence-corrected chi connectivity index (χ0v) is 15.3. The van der Waals surface area contributed by atoms with Gasteiger partial charge in [-0.05, 0) is 29.8 Å². The van der Waals surface area contributed by atoms with Crippen LogP contribution >= 0.6 is 23.2 Å². The summed E-state index contributed by atoms with van der Waals surface area (Å²) in [5.41, 5.74) is -0.237. The summed E-state index contributed by atoms with van der Waals surface area (Å²) in [6.07, 6.45) is -3.26. The van der Waals surface area contributed by atoms with Crippen LogP contribution in [0.25, 0.3) is 11.1 Å². The van der Waals surface area contributed by atoms with Gasteiger partial charge in [0.05, 0.1) is 11.4 Å². The van der Waals surface area contributed by atoms with E-state index < -0.39 is 11.9 Å². The molecule has 0 saturated carbocycles. The summed E-state index contributed by atoms with van der Waals surface area (Å²) in [4.78, 5) is 12.7. The highest BCUT2D eigenvalue weighted by Crippen LogP contribution is 2.41. The smallest absolute Gasteiger partial charge is 0.279 e. The number of hydrogen-bond donors (Lipinski definition) is 0. The molecule has 1 heterocycles. The van der Waals surface area contributed by atoms with Crippen LogP contribution in [0, 0.1) is 0 Å². The van der Waals surface area contributed by atoms with E-state index in [0.717, 1.165) is 15.8 Å². The molecule has 1 amide bonds. The molecule has 3 aromatic rings. The van der Waals surface area contributed by atoms with Gasteiger partial charge in [-0.2, -0.15) is 18.3 Å². The Morgan fingerprint density at radius 2 is 1.70 bits per heavy atom. The Labute approximate surface area is 162 Å². The van der Waals surface area contributed by atoms with Gasteiger partial charge in [-0.15, -0.1) is 0 Å². The van der Waals surface area contributed by atoms with Crippen LogP contribution in [0.3, 0.4) is 0 Å². The number of anilines is 2. The topological polar surface area (TPSA) is 38.1 Å². The predicted octanol–water partition coefficient (Wildman–Crippen LogP) is 5.71. The highest BCUT2D eigenvalue weighted by molar-refractivity contribution is 6.35. The number of carbonyl (C=O) groups is 1. The highest BCUT2D eigenvalue weighted by Gasteiger charge is 2.39. The number of benzene rings is 2. The Balaban J connectivity index is 2.21. The molecule has 1 aromatic heterocycles. The number of nitrogens with zero attached hydrogens (tertiary/aromatic N) is 3. The average Bonchev–Trinajstić information content (AvgIpc) is 2.97. The molecule has 0 bridgehead atoms. The normalized spacial score (nSPS) is 11.5. The zero-order chi connectivity index (χ0) is 19.8. The second kappa shape index (κ2) is 7.25. The second-order valence-corrected chi connectivity index (χ2v) is 6.56. The molecular formula is C18H12Cl2F3N3O. The molecule has 4 nitrogen and oxygen atoms in total. The number of rotatable bonds is 4. The van der Waals surface area contributed by atoms with Crippen LogP contribution in [0.5, 0.6) is 0 Å². The summed E-state index contributed by atoms with van der Waals surface area (Å²) in [6.45, 7) is 0. The van der Waals surface area contributed by atoms with E-state index in [9.17, 15) is 18.0 Å². The maximum Gasteiger partial charge on any atom is 0.437 e. The summed E-state index contributed by atoms with van der Waals surface area (Å²) in [5.74, 6) is 0. The molecule has 140 valence electrons. The zero-order valence-electron chi connectivity index (χ0n) is 13.8. The fraction of sp³-hybridized carbons (Fsp3) is 0.111. The third kappa shape index (κ3) is 3.94. The van der Waals surface area contributed by atoms with Crippen molar-refractivity contribution in [1.82, 2.24) is 9.78 Å². The minimum atomic E-state index is -4.72. The summed E-state index contributed by atoms with van der Waals surface area (Å²) >= 11 is 12.1. The molecule has 3 rings (SSSR count). The summed E-state index contributed by atoms with van der Waals surface area (Å²) in [5, 5.41) is 4.18. The van der Waals surface area contributed by atoms with Crippen LogP contribution < -0.4 is 4.90 Å². The van der Waals surface area contributed by atoms with Crippen molar-refractivity contribution in [3.63, 3.8) is 0 Å². The van der Waals surface area contributed by atoms with E-state index in [-0.39, 0.29) is 11.4 Å². The van der Waals surface area contributed by atoms with Crippen molar-refractivity contribution in [3.05, 3.63) is 64.4 Å². The van der Waals surface area contributed by atoms with Gasteiger partial charge < -0.3 is 0 Å². The molecule has 9 heteroatoms. The van der Waals surface area contributed by atoms with E-state index in [1.165, 1.54) is 19.2 Å². The predicted molar refractivity (Wildman–Crippen MR) is 98.3 cm³/mol. The lowest BCUT2D eigenvalue weighted by Crippen LogP contribution is -2.19. The van der Waals surface area contributed by atoms with Crippen molar-refractivity contribution >= 4 is 41.0 Å². The molecule has 0 atom stereocenters. The van der Waals surface area contributed by atoms with E-state index in [1.807, 2.05) is 0 Å². The molecular weight excluding hydrogens is 402 g/mol. The average molecular weight is 414 g/mol. The molecule has 0 radical (unpaired) electrons. The summed E-state index contributed by atoms with van der Waals surface area (Å²) < 4.78 is 41.1. The summed E-state index contributed by atoms with van der Waals surface area (Å²) in [7, 11) is 1.35. The number of amides is 1. The standard InChI is InChI=1S/C18H12Cl2F3N3O/c1-25-9-16(17(24-25)18(21,22)23)26(10-27)15-5-3-2-4-14(15)11-6-12(19)8-13(20)7-11/h2-10H,1H3. The number of halogens is 5. The second-order valence-electron chi connectivity index (χ2n) is 5.69. The fourth-order valence-electron chi connectivity index (χ4n) is 2.73. The minimum Gasteiger partial charge on any atom is -0.279 e. The van der Waals surface area contributed by atoms with Crippen molar-refractivity contribution in [3.8, 4) is 11.1 Å². The fourth-order valence-corrected chi connectivity index (χ4v) is 3.26. The Bertz CT molecular complexity index is 982. The maximum atomic E-state index is 13.4. The minimum absolute atomic E-state index is 0.240. The first-order valence-electron chi connectivity index (χ1n) is 7.61. The van der Waals surface area contributed by atoms with Crippen molar-refractivity contribution in [2.45, 2.75) is 6.18 Å². The molecule has 2 aromatic carbocycles. The number of carbonyl (C=O) groups excluding carboxylic acids is 1. The van der Waals surface area contributed by atoms with Crippen LogP contribution in [-0.2, 0) is 18.0 Å². The first-order valence-corrected chi connectivity index (χ1v) is 8.37. The number of aryl methyl sites for hydroxylation is 1. The lowest BCUT2D eigenvalue weighted by Gasteiger charge is -2.21. The number of aromatic nitrogens is 2. The van der Waals surface area contributed by atoms with Gasteiger partial charge in [0.15, 0.2) is 5.69 Å². The van der Waals surface area contributed by atoms with Gasteiger partial charge >= 0.3 is 6.18 Å². The third-order valence-electron chi connectivity index (χ3n) is 3.78. The lowest BCUT2D eigenvalue weighted by atomic mass is 10.0. The third-order valence-corrected chi connectivity index (χ3v) is 4.22. The Morgan fingerprint density at radius 3 is 2.30 bits per heavy atom. The Kier molecular flexibility index (Phi) is 5.17. The van der Waals surface area contributed by atoms with Crippen LogP contribution in [0.2, 0.25) is 10.0 Å². The molecule has 0 unspecified atom stereocenters.